The molecule has 1 aromatic carbocycles. The lowest BCUT2D eigenvalue weighted by Gasteiger charge is -2.24. The zero-order valence-electron chi connectivity index (χ0n) is 10.5. The van der Waals surface area contributed by atoms with Crippen LogP contribution in [0.5, 0.6) is 0 Å². The van der Waals surface area contributed by atoms with Gasteiger partial charge in [-0.1, -0.05) is 30.3 Å². The van der Waals surface area contributed by atoms with E-state index in [2.05, 4.69) is 10.4 Å². The van der Waals surface area contributed by atoms with Crippen molar-refractivity contribution in [2.24, 2.45) is 16.5 Å². The van der Waals surface area contributed by atoms with Gasteiger partial charge < -0.3 is 10.2 Å². The Morgan fingerprint density at radius 1 is 1.25 bits per heavy atom. The minimum atomic E-state index is -1.27. The lowest BCUT2D eigenvalue weighted by atomic mass is 10.1. The maximum Gasteiger partial charge on any atom is 0.310 e. The number of nitrogens with two attached hydrogens (primary N) is 2. The maximum atomic E-state index is 12.2. The van der Waals surface area contributed by atoms with Crippen LogP contribution in [-0.4, -0.2) is 16.9 Å². The van der Waals surface area contributed by atoms with Gasteiger partial charge in [0.2, 0.25) is 11.7 Å². The number of amides is 1. The number of rotatable bonds is 2. The second-order valence-corrected chi connectivity index (χ2v) is 4.33. The van der Waals surface area contributed by atoms with Crippen molar-refractivity contribution >= 4 is 11.9 Å². The van der Waals surface area contributed by atoms with Gasteiger partial charge in [-0.2, -0.15) is 5.43 Å². The van der Waals surface area contributed by atoms with Gasteiger partial charge in [-0.25, -0.2) is 10.0 Å². The molecular weight excluding hydrogens is 258 g/mol. The van der Waals surface area contributed by atoms with Crippen LogP contribution in [0, 0.1) is 0 Å². The van der Waals surface area contributed by atoms with Gasteiger partial charge in [0.25, 0.3) is 0 Å². The zero-order chi connectivity index (χ0) is 14.2. The number of furan rings is 1. The van der Waals surface area contributed by atoms with Gasteiger partial charge >= 0.3 is 5.91 Å². The van der Waals surface area contributed by atoms with Crippen LogP contribution >= 0.6 is 0 Å². The molecule has 0 saturated carbocycles. The van der Waals surface area contributed by atoms with E-state index in [4.69, 9.17) is 15.9 Å². The van der Waals surface area contributed by atoms with Crippen molar-refractivity contribution in [1.29, 1.82) is 0 Å². The van der Waals surface area contributed by atoms with Gasteiger partial charge in [0, 0.05) is 5.56 Å². The Balaban J connectivity index is 1.89. The first-order valence-corrected chi connectivity index (χ1v) is 5.96. The van der Waals surface area contributed by atoms with Crippen LogP contribution in [0.3, 0.4) is 0 Å². The number of nitrogens with one attached hydrogen (secondary N) is 1. The number of hydrogen-bond donors (Lipinski definition) is 3. The Labute approximate surface area is 114 Å². The molecule has 0 saturated heterocycles. The third-order valence-corrected chi connectivity index (χ3v) is 2.95. The standard InChI is InChI=1S/C13H13N5O2/c14-12-16-13(15,9-5-2-1-3-6-9)17-18(12)11(19)10-7-4-8-20-10/h1-8,17H,15H2,(H2,14,16). The molecule has 2 heterocycles. The molecule has 1 aliphatic heterocycles. The Bertz CT molecular complexity index is 653. The van der Waals surface area contributed by atoms with E-state index in [-0.39, 0.29) is 11.7 Å². The highest BCUT2D eigenvalue weighted by molar-refractivity contribution is 6.04. The van der Waals surface area contributed by atoms with Gasteiger partial charge in [0.15, 0.2) is 5.76 Å². The number of guanidine groups is 1. The predicted molar refractivity (Wildman–Crippen MR) is 71.9 cm³/mol. The molecule has 1 unspecified atom stereocenters. The van der Waals surface area contributed by atoms with Crippen molar-refractivity contribution in [1.82, 2.24) is 10.4 Å². The largest absolute Gasteiger partial charge is 0.459 e. The first kappa shape index (κ1) is 12.4. The number of hydrogen-bond acceptors (Lipinski definition) is 6. The predicted octanol–water partition coefficient (Wildman–Crippen LogP) is 0.324. The third-order valence-electron chi connectivity index (χ3n) is 2.95. The van der Waals surface area contributed by atoms with E-state index < -0.39 is 11.7 Å². The van der Waals surface area contributed by atoms with Crippen molar-refractivity contribution in [3.63, 3.8) is 0 Å². The molecule has 2 aromatic rings. The number of aliphatic imine (C=N–C) groups is 1. The number of nitrogens with zero attached hydrogens (tertiary/aromatic N) is 2. The fraction of sp³-hybridized carbons (Fsp3) is 0.0769. The first-order valence-electron chi connectivity index (χ1n) is 5.96. The highest BCUT2D eigenvalue weighted by atomic mass is 16.3. The SMILES string of the molecule is NC1=NC(N)(c2ccccc2)NN1C(=O)c1ccco1. The molecule has 1 atom stereocenters. The minimum absolute atomic E-state index is 0.0160. The fourth-order valence-corrected chi connectivity index (χ4v) is 1.97. The smallest absolute Gasteiger partial charge is 0.310 e. The summed E-state index contributed by atoms with van der Waals surface area (Å²) in [6.45, 7) is 0. The number of carbonyl (C=O) groups excluding carboxylic acids is 1. The van der Waals surface area contributed by atoms with E-state index >= 15 is 0 Å². The molecule has 1 aromatic heterocycles. The molecule has 3 rings (SSSR count). The summed E-state index contributed by atoms with van der Waals surface area (Å²) < 4.78 is 5.05. The molecule has 0 radical (unpaired) electrons. The van der Waals surface area contributed by atoms with Crippen molar-refractivity contribution < 1.29 is 9.21 Å². The van der Waals surface area contributed by atoms with E-state index in [0.29, 0.717) is 5.56 Å². The van der Waals surface area contributed by atoms with Gasteiger partial charge in [0.1, 0.15) is 0 Å². The highest BCUT2D eigenvalue weighted by Crippen LogP contribution is 2.22. The van der Waals surface area contributed by atoms with E-state index in [9.17, 15) is 4.79 Å². The lowest BCUT2D eigenvalue weighted by Crippen LogP contribution is -2.54. The summed E-state index contributed by atoms with van der Waals surface area (Å²) in [5.74, 6) is -1.60. The van der Waals surface area contributed by atoms with E-state index in [0.717, 1.165) is 5.01 Å². The van der Waals surface area contributed by atoms with Gasteiger partial charge in [0.05, 0.1) is 6.26 Å². The molecule has 0 aliphatic carbocycles. The maximum absolute atomic E-state index is 12.2. The summed E-state index contributed by atoms with van der Waals surface area (Å²) >= 11 is 0. The molecule has 5 N–H and O–H groups in total. The van der Waals surface area contributed by atoms with Crippen molar-refractivity contribution in [2.45, 2.75) is 5.79 Å². The topological polar surface area (TPSA) is 110 Å². The molecule has 1 aliphatic rings. The van der Waals surface area contributed by atoms with Gasteiger partial charge in [-0.3, -0.25) is 10.5 Å². The normalized spacial score (nSPS) is 21.9. The summed E-state index contributed by atoms with van der Waals surface area (Å²) in [4.78, 5) is 16.3. The van der Waals surface area contributed by atoms with Crippen molar-refractivity contribution in [3.05, 3.63) is 60.1 Å². The quantitative estimate of drug-likeness (QED) is 0.728. The Morgan fingerprint density at radius 2 is 2.00 bits per heavy atom. The van der Waals surface area contributed by atoms with Crippen LogP contribution in [0.4, 0.5) is 0 Å². The van der Waals surface area contributed by atoms with Gasteiger partial charge in [-0.15, -0.1) is 0 Å². The molecule has 7 nitrogen and oxygen atoms in total. The van der Waals surface area contributed by atoms with Crippen molar-refractivity contribution in [3.8, 4) is 0 Å². The van der Waals surface area contributed by atoms with Gasteiger partial charge in [-0.05, 0) is 12.1 Å². The summed E-state index contributed by atoms with van der Waals surface area (Å²) in [5, 5.41) is 1.08. The Hall–Kier alpha value is -2.64. The monoisotopic (exact) mass is 271 g/mol. The summed E-state index contributed by atoms with van der Waals surface area (Å²) in [6.07, 6.45) is 1.41. The Morgan fingerprint density at radius 3 is 2.65 bits per heavy atom. The molecule has 7 heteroatoms. The van der Waals surface area contributed by atoms with Crippen LogP contribution < -0.4 is 16.9 Å². The fourth-order valence-electron chi connectivity index (χ4n) is 1.97. The average Bonchev–Trinajstić information content (AvgIpc) is 3.08. The molecule has 102 valence electrons. The zero-order valence-corrected chi connectivity index (χ0v) is 10.5. The molecule has 0 fully saturated rings. The molecule has 20 heavy (non-hydrogen) atoms. The Kier molecular flexibility index (Phi) is 2.78. The first-order chi connectivity index (χ1) is 9.60. The second-order valence-electron chi connectivity index (χ2n) is 4.33. The number of hydrazine groups is 1. The third kappa shape index (κ3) is 1.94. The molecular formula is C13H13N5O2. The van der Waals surface area contributed by atoms with E-state index in [1.165, 1.54) is 12.3 Å². The molecule has 1 amide bonds. The molecule has 0 bridgehead atoms. The number of carbonyl (C=O) groups is 1. The van der Waals surface area contributed by atoms with E-state index in [1.54, 1.807) is 18.2 Å². The minimum Gasteiger partial charge on any atom is -0.459 e. The van der Waals surface area contributed by atoms with Crippen LogP contribution in [0.2, 0.25) is 0 Å². The summed E-state index contributed by atoms with van der Waals surface area (Å²) in [5.41, 5.74) is 15.4. The summed E-state index contributed by atoms with van der Waals surface area (Å²) in [6, 6.07) is 12.3. The van der Waals surface area contributed by atoms with Crippen LogP contribution in [0.15, 0.2) is 58.1 Å². The van der Waals surface area contributed by atoms with Crippen molar-refractivity contribution in [2.75, 3.05) is 0 Å². The molecule has 0 spiro atoms. The van der Waals surface area contributed by atoms with Crippen LogP contribution in [0.25, 0.3) is 0 Å². The summed E-state index contributed by atoms with van der Waals surface area (Å²) in [7, 11) is 0. The van der Waals surface area contributed by atoms with Crippen LogP contribution in [-0.2, 0) is 5.79 Å². The highest BCUT2D eigenvalue weighted by Gasteiger charge is 2.39. The second kappa shape index (κ2) is 4.48. The lowest BCUT2D eigenvalue weighted by molar-refractivity contribution is 0.0721. The van der Waals surface area contributed by atoms with E-state index in [1.807, 2.05) is 18.2 Å². The number of benzene rings is 1. The van der Waals surface area contributed by atoms with Crippen LogP contribution in [0.1, 0.15) is 16.1 Å². The average molecular weight is 271 g/mol.